The Balaban J connectivity index is 1.91. The van der Waals surface area contributed by atoms with Crippen molar-refractivity contribution in [1.29, 1.82) is 0 Å². The second-order valence-corrected chi connectivity index (χ2v) is 9.84. The summed E-state index contributed by atoms with van der Waals surface area (Å²) in [5, 5.41) is 8.77. The minimum atomic E-state index is -2.95. The molecule has 2 N–H and O–H groups in total. The maximum atomic E-state index is 11.3. The first kappa shape index (κ1) is 21.1. The van der Waals surface area contributed by atoms with Crippen molar-refractivity contribution in [3.05, 3.63) is 22.4 Å². The van der Waals surface area contributed by atoms with Gasteiger partial charge in [0, 0.05) is 43.9 Å². The molecule has 2 unspecified atom stereocenters. The summed E-state index contributed by atoms with van der Waals surface area (Å²) in [6.07, 6.45) is 1.82. The predicted octanol–water partition coefficient (Wildman–Crippen LogP) is 1.11. The molecule has 0 spiro atoms. The number of thiophene rings is 1. The summed E-state index contributed by atoms with van der Waals surface area (Å²) in [5.74, 6) is 0.866. The monoisotopic (exact) mass is 402 g/mol. The largest absolute Gasteiger partial charge is 0.379 e. The van der Waals surface area contributed by atoms with Crippen molar-refractivity contribution in [1.82, 2.24) is 15.5 Å². The minimum absolute atomic E-state index is 0.0273. The first-order valence-corrected chi connectivity index (χ1v) is 11.8. The first-order chi connectivity index (χ1) is 12.4. The summed E-state index contributed by atoms with van der Waals surface area (Å²) in [7, 11) is -1.22. The second-order valence-electron chi connectivity index (χ2n) is 6.60. The number of sulfone groups is 1. The summed E-state index contributed by atoms with van der Waals surface area (Å²) >= 11 is 1.76. The Bertz CT molecular complexity index is 656. The Hall–Kier alpha value is -1.16. The fourth-order valence-corrected chi connectivity index (χ4v) is 4.51. The van der Waals surface area contributed by atoms with Crippen LogP contribution in [0.25, 0.3) is 0 Å². The van der Waals surface area contributed by atoms with Crippen LogP contribution in [-0.2, 0) is 14.6 Å². The van der Waals surface area contributed by atoms with E-state index in [1.807, 2.05) is 6.92 Å². The van der Waals surface area contributed by atoms with E-state index in [0.717, 1.165) is 32.8 Å². The van der Waals surface area contributed by atoms with Crippen molar-refractivity contribution in [3.8, 4) is 0 Å². The van der Waals surface area contributed by atoms with E-state index >= 15 is 0 Å². The number of ether oxygens (including phenoxy) is 1. The Labute approximate surface area is 160 Å². The second kappa shape index (κ2) is 10.2. The third-order valence-corrected chi connectivity index (χ3v) is 6.30. The third kappa shape index (κ3) is 7.22. The molecule has 0 radical (unpaired) electrons. The Morgan fingerprint density at radius 3 is 2.73 bits per heavy atom. The molecule has 0 bridgehead atoms. The molecular weight excluding hydrogens is 372 g/mol. The molecule has 148 valence electrons. The number of hydrogen-bond donors (Lipinski definition) is 2. The lowest BCUT2D eigenvalue weighted by atomic mass is 10.2. The lowest BCUT2D eigenvalue weighted by molar-refractivity contribution is 0.0177. The van der Waals surface area contributed by atoms with E-state index < -0.39 is 9.84 Å². The topological polar surface area (TPSA) is 83.0 Å². The SMILES string of the molecule is CN=C(NCC(c1cccs1)N1CCOCC1)NC(C)CCS(C)(=O)=O. The van der Waals surface area contributed by atoms with Crippen LogP contribution in [0.1, 0.15) is 24.3 Å². The van der Waals surface area contributed by atoms with E-state index in [9.17, 15) is 8.42 Å². The zero-order chi connectivity index (χ0) is 19.0. The van der Waals surface area contributed by atoms with Crippen molar-refractivity contribution < 1.29 is 13.2 Å². The lowest BCUT2D eigenvalue weighted by Crippen LogP contribution is -2.48. The molecule has 0 saturated carbocycles. The smallest absolute Gasteiger partial charge is 0.191 e. The minimum Gasteiger partial charge on any atom is -0.379 e. The van der Waals surface area contributed by atoms with E-state index in [0.29, 0.717) is 12.4 Å². The Morgan fingerprint density at radius 2 is 2.15 bits per heavy atom. The van der Waals surface area contributed by atoms with Crippen LogP contribution in [0.2, 0.25) is 0 Å². The number of rotatable bonds is 8. The molecule has 0 aromatic carbocycles. The van der Waals surface area contributed by atoms with Crippen LogP contribution < -0.4 is 10.6 Å². The number of nitrogens with one attached hydrogen (secondary N) is 2. The highest BCUT2D eigenvalue weighted by Gasteiger charge is 2.23. The van der Waals surface area contributed by atoms with Gasteiger partial charge >= 0.3 is 0 Å². The van der Waals surface area contributed by atoms with Crippen LogP contribution in [0.4, 0.5) is 0 Å². The van der Waals surface area contributed by atoms with Gasteiger partial charge in [-0.2, -0.15) is 0 Å². The van der Waals surface area contributed by atoms with Crippen LogP contribution in [0.3, 0.4) is 0 Å². The molecule has 1 aromatic rings. The number of nitrogens with zero attached hydrogens (tertiary/aromatic N) is 2. The van der Waals surface area contributed by atoms with Gasteiger partial charge < -0.3 is 15.4 Å². The fraction of sp³-hybridized carbons (Fsp3) is 0.706. The summed E-state index contributed by atoms with van der Waals surface area (Å²) < 4.78 is 28.1. The maximum Gasteiger partial charge on any atom is 0.191 e. The van der Waals surface area contributed by atoms with Gasteiger partial charge in [-0.1, -0.05) is 6.07 Å². The number of aliphatic imine (C=N–C) groups is 1. The van der Waals surface area contributed by atoms with Gasteiger partial charge in [-0.05, 0) is 24.8 Å². The Morgan fingerprint density at radius 1 is 1.42 bits per heavy atom. The molecule has 1 aliphatic heterocycles. The standard InChI is InChI=1S/C17H30N4O3S2/c1-14(6-12-26(3,22)23)20-17(18-2)19-13-15(16-5-4-11-25-16)21-7-9-24-10-8-21/h4-5,11,14-15H,6-10,12-13H2,1-3H3,(H2,18,19,20). The van der Waals surface area contributed by atoms with Gasteiger partial charge in [0.25, 0.3) is 0 Å². The fourth-order valence-electron chi connectivity index (χ4n) is 2.86. The van der Waals surface area contributed by atoms with Crippen LogP contribution in [0.15, 0.2) is 22.5 Å². The first-order valence-electron chi connectivity index (χ1n) is 8.89. The molecule has 1 fully saturated rings. The molecular formula is C17H30N4O3S2. The zero-order valence-electron chi connectivity index (χ0n) is 15.8. The third-order valence-electron chi connectivity index (χ3n) is 4.35. The van der Waals surface area contributed by atoms with Crippen molar-refractivity contribution >= 4 is 27.1 Å². The predicted molar refractivity (Wildman–Crippen MR) is 108 cm³/mol. The number of hydrogen-bond acceptors (Lipinski definition) is 6. The summed E-state index contributed by atoms with van der Waals surface area (Å²) in [6, 6.07) is 4.54. The molecule has 9 heteroatoms. The van der Waals surface area contributed by atoms with Crippen LogP contribution in [0, 0.1) is 0 Å². The van der Waals surface area contributed by atoms with Crippen molar-refractivity contribution in [2.75, 3.05) is 51.9 Å². The quantitative estimate of drug-likeness (QED) is 0.501. The van der Waals surface area contributed by atoms with E-state index in [2.05, 4.69) is 38.0 Å². The average molecular weight is 403 g/mol. The number of guanidine groups is 1. The molecule has 1 saturated heterocycles. The maximum absolute atomic E-state index is 11.3. The van der Waals surface area contributed by atoms with Crippen LogP contribution in [-0.4, -0.2) is 77.2 Å². The highest BCUT2D eigenvalue weighted by molar-refractivity contribution is 7.90. The highest BCUT2D eigenvalue weighted by atomic mass is 32.2. The van der Waals surface area contributed by atoms with Gasteiger partial charge in [-0.25, -0.2) is 8.42 Å². The Kier molecular flexibility index (Phi) is 8.33. The molecule has 2 heterocycles. The molecule has 0 amide bonds. The van der Waals surface area contributed by atoms with E-state index in [1.54, 1.807) is 18.4 Å². The van der Waals surface area contributed by atoms with Gasteiger partial charge in [-0.15, -0.1) is 11.3 Å². The van der Waals surface area contributed by atoms with Gasteiger partial charge in [0.1, 0.15) is 9.84 Å². The zero-order valence-corrected chi connectivity index (χ0v) is 17.4. The molecule has 1 aromatic heterocycles. The van der Waals surface area contributed by atoms with Crippen molar-refractivity contribution in [2.45, 2.75) is 25.4 Å². The van der Waals surface area contributed by atoms with Crippen LogP contribution in [0.5, 0.6) is 0 Å². The lowest BCUT2D eigenvalue weighted by Gasteiger charge is -2.34. The summed E-state index contributed by atoms with van der Waals surface area (Å²) in [5.41, 5.74) is 0. The van der Waals surface area contributed by atoms with E-state index in [4.69, 9.17) is 4.74 Å². The molecule has 2 atom stereocenters. The van der Waals surface area contributed by atoms with E-state index in [1.165, 1.54) is 11.1 Å². The van der Waals surface area contributed by atoms with Crippen molar-refractivity contribution in [2.24, 2.45) is 4.99 Å². The van der Waals surface area contributed by atoms with Crippen LogP contribution >= 0.6 is 11.3 Å². The molecule has 2 rings (SSSR count). The summed E-state index contributed by atoms with van der Waals surface area (Å²) in [6.45, 7) is 6.06. The average Bonchev–Trinajstić information content (AvgIpc) is 3.14. The highest BCUT2D eigenvalue weighted by Crippen LogP contribution is 2.25. The molecule has 7 nitrogen and oxygen atoms in total. The molecule has 26 heavy (non-hydrogen) atoms. The molecule has 0 aliphatic carbocycles. The van der Waals surface area contributed by atoms with E-state index in [-0.39, 0.29) is 17.8 Å². The molecule has 1 aliphatic rings. The normalized spacial score (nSPS) is 19.1. The number of morpholine rings is 1. The van der Waals surface area contributed by atoms with Gasteiger partial charge in [0.05, 0.1) is 25.0 Å². The summed E-state index contributed by atoms with van der Waals surface area (Å²) in [4.78, 5) is 8.03. The van der Waals surface area contributed by atoms with Crippen molar-refractivity contribution in [3.63, 3.8) is 0 Å². The van der Waals surface area contributed by atoms with Gasteiger partial charge in [0.15, 0.2) is 5.96 Å². The van der Waals surface area contributed by atoms with Gasteiger partial charge in [0.2, 0.25) is 0 Å². The van der Waals surface area contributed by atoms with Gasteiger partial charge in [-0.3, -0.25) is 9.89 Å².